The lowest BCUT2D eigenvalue weighted by molar-refractivity contribution is 0.413. The van der Waals surface area contributed by atoms with E-state index < -0.39 is 0 Å². The largest absolute Gasteiger partial charge is 0.497 e. The third-order valence-corrected chi connectivity index (χ3v) is 3.91. The van der Waals surface area contributed by atoms with Crippen molar-refractivity contribution >= 4 is 11.0 Å². The van der Waals surface area contributed by atoms with Gasteiger partial charge in [-0.3, -0.25) is 0 Å². The number of benzene rings is 2. The number of rotatable bonds is 5. The van der Waals surface area contributed by atoms with Gasteiger partial charge in [0.2, 0.25) is 0 Å². The molecule has 0 saturated heterocycles. The number of imidazole rings is 1. The summed E-state index contributed by atoms with van der Waals surface area (Å²) in [4.78, 5) is 8.85. The smallest absolute Gasteiger partial charge is 0.257 e. The van der Waals surface area contributed by atoms with Gasteiger partial charge in [0.15, 0.2) is 5.82 Å². The maximum Gasteiger partial charge on any atom is 0.257 e. The zero-order valence-electron chi connectivity index (χ0n) is 13.2. The summed E-state index contributed by atoms with van der Waals surface area (Å²) < 4.78 is 12.6. The Morgan fingerprint density at radius 1 is 1.08 bits per heavy atom. The van der Waals surface area contributed by atoms with Gasteiger partial charge in [0.25, 0.3) is 5.89 Å². The molecule has 0 N–H and O–H groups in total. The van der Waals surface area contributed by atoms with Crippen molar-refractivity contribution in [1.82, 2.24) is 19.7 Å². The van der Waals surface area contributed by atoms with E-state index in [9.17, 15) is 0 Å². The van der Waals surface area contributed by atoms with E-state index in [-0.39, 0.29) is 0 Å². The van der Waals surface area contributed by atoms with Gasteiger partial charge in [-0.05, 0) is 36.4 Å². The van der Waals surface area contributed by atoms with E-state index in [1.54, 1.807) is 7.11 Å². The fourth-order valence-corrected chi connectivity index (χ4v) is 2.62. The van der Waals surface area contributed by atoms with E-state index in [2.05, 4.69) is 25.8 Å². The number of ether oxygens (including phenoxy) is 1. The molecule has 0 aliphatic carbocycles. The number of nitrogens with zero attached hydrogens (tertiary/aromatic N) is 4. The minimum Gasteiger partial charge on any atom is -0.497 e. The summed E-state index contributed by atoms with van der Waals surface area (Å²) in [6.07, 6.45) is 2.52. The average molecular weight is 320 g/mol. The monoisotopic (exact) mass is 320 g/mol. The molecule has 6 nitrogen and oxygen atoms in total. The molecule has 24 heavy (non-hydrogen) atoms. The first-order chi connectivity index (χ1) is 11.8. The van der Waals surface area contributed by atoms with Crippen molar-refractivity contribution in [3.8, 4) is 17.2 Å². The second kappa shape index (κ2) is 6.16. The Labute approximate surface area is 138 Å². The van der Waals surface area contributed by atoms with E-state index in [4.69, 9.17) is 9.26 Å². The van der Waals surface area contributed by atoms with Crippen molar-refractivity contribution in [3.05, 3.63) is 60.7 Å². The first-order valence-corrected chi connectivity index (χ1v) is 7.70. The van der Waals surface area contributed by atoms with Crippen LogP contribution in [0.2, 0.25) is 0 Å². The predicted octanol–water partition coefficient (Wildman–Crippen LogP) is 3.34. The standard InChI is InChI=1S/C18H16N4O2/c1-23-14-8-6-13(7-9-14)18-20-17(21-24-18)10-11-22-12-19-15-4-2-3-5-16(15)22/h2-9,12H,10-11H2,1H3. The lowest BCUT2D eigenvalue weighted by Gasteiger charge is -2.01. The Morgan fingerprint density at radius 3 is 2.75 bits per heavy atom. The second-order valence-corrected chi connectivity index (χ2v) is 5.42. The molecule has 0 atom stereocenters. The zero-order chi connectivity index (χ0) is 16.4. The number of hydrogen-bond acceptors (Lipinski definition) is 5. The highest BCUT2D eigenvalue weighted by Crippen LogP contribution is 2.21. The molecule has 6 heteroatoms. The molecule has 0 bridgehead atoms. The van der Waals surface area contributed by atoms with Crippen LogP contribution in [0.15, 0.2) is 59.4 Å². The lowest BCUT2D eigenvalue weighted by Crippen LogP contribution is -2.01. The van der Waals surface area contributed by atoms with Crippen molar-refractivity contribution in [1.29, 1.82) is 0 Å². The summed E-state index contributed by atoms with van der Waals surface area (Å²) in [7, 11) is 1.64. The highest BCUT2D eigenvalue weighted by molar-refractivity contribution is 5.74. The highest BCUT2D eigenvalue weighted by atomic mass is 16.5. The third-order valence-electron chi connectivity index (χ3n) is 3.91. The van der Waals surface area contributed by atoms with Crippen molar-refractivity contribution in [2.24, 2.45) is 0 Å². The van der Waals surface area contributed by atoms with Gasteiger partial charge in [-0.25, -0.2) is 4.98 Å². The molecule has 0 spiro atoms. The van der Waals surface area contributed by atoms with Crippen LogP contribution in [0.5, 0.6) is 5.75 Å². The molecule has 0 saturated carbocycles. The summed E-state index contributed by atoms with van der Waals surface area (Å²) in [5, 5.41) is 4.06. The molecule has 0 aliphatic heterocycles. The summed E-state index contributed by atoms with van der Waals surface area (Å²) in [5.41, 5.74) is 2.98. The van der Waals surface area contributed by atoms with Gasteiger partial charge in [-0.15, -0.1) is 0 Å². The molecular weight excluding hydrogens is 304 g/mol. The summed E-state index contributed by atoms with van der Waals surface area (Å²) >= 11 is 0. The molecule has 0 fully saturated rings. The van der Waals surface area contributed by atoms with Gasteiger partial charge in [-0.1, -0.05) is 17.3 Å². The maximum atomic E-state index is 5.35. The molecule has 0 unspecified atom stereocenters. The summed E-state index contributed by atoms with van der Waals surface area (Å²) in [6, 6.07) is 15.6. The molecule has 4 rings (SSSR count). The summed E-state index contributed by atoms with van der Waals surface area (Å²) in [6.45, 7) is 0.752. The Kier molecular flexibility index (Phi) is 3.70. The summed E-state index contributed by atoms with van der Waals surface area (Å²) in [5.74, 6) is 1.99. The van der Waals surface area contributed by atoms with Gasteiger partial charge >= 0.3 is 0 Å². The minimum atomic E-state index is 0.517. The van der Waals surface area contributed by atoms with Crippen LogP contribution >= 0.6 is 0 Å². The first kappa shape index (κ1) is 14.4. The van der Waals surface area contributed by atoms with Gasteiger partial charge in [0.05, 0.1) is 24.5 Å². The molecule has 2 aromatic heterocycles. The van der Waals surface area contributed by atoms with Crippen LogP contribution in [0, 0.1) is 0 Å². The number of aryl methyl sites for hydroxylation is 2. The molecule has 120 valence electrons. The average Bonchev–Trinajstić information content (AvgIpc) is 3.27. The fraction of sp³-hybridized carbons (Fsp3) is 0.167. The zero-order valence-corrected chi connectivity index (χ0v) is 13.2. The predicted molar refractivity (Wildman–Crippen MR) is 89.7 cm³/mol. The second-order valence-electron chi connectivity index (χ2n) is 5.42. The Bertz CT molecular complexity index is 956. The van der Waals surface area contributed by atoms with Crippen LogP contribution in [-0.2, 0) is 13.0 Å². The highest BCUT2D eigenvalue weighted by Gasteiger charge is 2.10. The van der Waals surface area contributed by atoms with Crippen molar-refractivity contribution in [3.63, 3.8) is 0 Å². The fourth-order valence-electron chi connectivity index (χ4n) is 2.62. The molecule has 2 aromatic carbocycles. The number of fused-ring (bicyclic) bond motifs is 1. The van der Waals surface area contributed by atoms with Crippen molar-refractivity contribution < 1.29 is 9.26 Å². The molecule has 2 heterocycles. The Hall–Kier alpha value is -3.15. The van der Waals surface area contributed by atoms with Crippen molar-refractivity contribution in [2.75, 3.05) is 7.11 Å². The normalized spacial score (nSPS) is 11.0. The van der Waals surface area contributed by atoms with Gasteiger partial charge in [-0.2, -0.15) is 4.98 Å². The van der Waals surface area contributed by atoms with E-state index >= 15 is 0 Å². The van der Waals surface area contributed by atoms with E-state index in [0.717, 1.165) is 28.9 Å². The molecule has 0 radical (unpaired) electrons. The number of hydrogen-bond donors (Lipinski definition) is 0. The van der Waals surface area contributed by atoms with Crippen LogP contribution in [0.3, 0.4) is 0 Å². The van der Waals surface area contributed by atoms with E-state index in [1.165, 1.54) is 0 Å². The van der Waals surface area contributed by atoms with Crippen LogP contribution < -0.4 is 4.74 Å². The van der Waals surface area contributed by atoms with E-state index in [0.29, 0.717) is 18.1 Å². The number of aromatic nitrogens is 4. The minimum absolute atomic E-state index is 0.517. The first-order valence-electron chi connectivity index (χ1n) is 7.70. The third kappa shape index (κ3) is 2.74. The van der Waals surface area contributed by atoms with Gasteiger partial charge < -0.3 is 13.8 Å². The molecule has 0 amide bonds. The van der Waals surface area contributed by atoms with Crippen LogP contribution in [0.1, 0.15) is 5.82 Å². The molecule has 4 aromatic rings. The van der Waals surface area contributed by atoms with Crippen LogP contribution in [0.4, 0.5) is 0 Å². The SMILES string of the molecule is COc1ccc(-c2nc(CCn3cnc4ccccc43)no2)cc1. The Morgan fingerprint density at radius 2 is 1.92 bits per heavy atom. The van der Waals surface area contributed by atoms with Crippen LogP contribution in [0.25, 0.3) is 22.5 Å². The van der Waals surface area contributed by atoms with Gasteiger partial charge in [0.1, 0.15) is 5.75 Å². The number of para-hydroxylation sites is 2. The topological polar surface area (TPSA) is 66.0 Å². The van der Waals surface area contributed by atoms with Crippen molar-refractivity contribution in [2.45, 2.75) is 13.0 Å². The van der Waals surface area contributed by atoms with Gasteiger partial charge in [0, 0.05) is 18.5 Å². The maximum absolute atomic E-state index is 5.35. The Balaban J connectivity index is 1.48. The molecular formula is C18H16N4O2. The lowest BCUT2D eigenvalue weighted by atomic mass is 10.2. The molecule has 0 aliphatic rings. The number of methoxy groups -OCH3 is 1. The van der Waals surface area contributed by atoms with E-state index in [1.807, 2.05) is 48.8 Å². The quantitative estimate of drug-likeness (QED) is 0.564. The van der Waals surface area contributed by atoms with Crippen LogP contribution in [-0.4, -0.2) is 26.8 Å².